The molecule has 1 aliphatic rings. The monoisotopic (exact) mass is 436 g/mol. The zero-order chi connectivity index (χ0) is 22.2. The first-order chi connectivity index (χ1) is 15.5. The summed E-state index contributed by atoms with van der Waals surface area (Å²) in [5.74, 6) is 0.357. The molecule has 1 N–H and O–H groups in total. The highest BCUT2D eigenvalue weighted by atomic mass is 19.1. The van der Waals surface area contributed by atoms with E-state index in [0.29, 0.717) is 35.8 Å². The molecular formula is C22H21FN6O3. The number of aryl methyl sites for hydroxylation is 1. The van der Waals surface area contributed by atoms with Crippen molar-refractivity contribution in [1.82, 2.24) is 29.6 Å². The second-order valence-corrected chi connectivity index (χ2v) is 8.07. The summed E-state index contributed by atoms with van der Waals surface area (Å²) in [4.78, 5) is 33.9. The second kappa shape index (κ2) is 8.03. The Bertz CT molecular complexity index is 1340. The Hall–Kier alpha value is -3.82. The van der Waals surface area contributed by atoms with Gasteiger partial charge in [-0.15, -0.1) is 0 Å². The van der Waals surface area contributed by atoms with Gasteiger partial charge in [0.15, 0.2) is 11.5 Å². The minimum absolute atomic E-state index is 0.0139. The molecule has 164 valence electrons. The molecule has 0 radical (unpaired) electrons. The molecule has 0 unspecified atom stereocenters. The highest BCUT2D eigenvalue weighted by molar-refractivity contribution is 5.79. The Morgan fingerprint density at radius 3 is 2.94 bits per heavy atom. The highest BCUT2D eigenvalue weighted by Crippen LogP contribution is 2.27. The number of hydrogen-bond acceptors (Lipinski definition) is 6. The SMILES string of the molecule is Cc1cn2nc(-c3nc([C@@H]4CCCN(C(=O)Cc5ccc(F)cc5)C4)no3)cc2c(=O)[nH]1. The fraction of sp³-hybridized carbons (Fsp3) is 0.318. The van der Waals surface area contributed by atoms with Gasteiger partial charge in [-0.05, 0) is 37.5 Å². The van der Waals surface area contributed by atoms with Crippen molar-refractivity contribution in [3.8, 4) is 11.6 Å². The maximum absolute atomic E-state index is 13.1. The molecule has 1 fully saturated rings. The highest BCUT2D eigenvalue weighted by Gasteiger charge is 2.28. The number of fused-ring (bicyclic) bond motifs is 1. The van der Waals surface area contributed by atoms with Gasteiger partial charge in [-0.25, -0.2) is 8.91 Å². The van der Waals surface area contributed by atoms with E-state index in [1.54, 1.807) is 36.2 Å². The van der Waals surface area contributed by atoms with Crippen LogP contribution in [0.15, 0.2) is 45.8 Å². The number of hydrogen-bond donors (Lipinski definition) is 1. The van der Waals surface area contributed by atoms with Gasteiger partial charge in [0.2, 0.25) is 5.91 Å². The lowest BCUT2D eigenvalue weighted by molar-refractivity contribution is -0.131. The van der Waals surface area contributed by atoms with Gasteiger partial charge in [0, 0.05) is 37.0 Å². The van der Waals surface area contributed by atoms with Crippen molar-refractivity contribution in [2.75, 3.05) is 13.1 Å². The Morgan fingerprint density at radius 2 is 2.12 bits per heavy atom. The molecule has 0 aliphatic carbocycles. The van der Waals surface area contributed by atoms with Gasteiger partial charge in [-0.2, -0.15) is 10.1 Å². The number of halogens is 1. The fourth-order valence-corrected chi connectivity index (χ4v) is 4.03. The fourth-order valence-electron chi connectivity index (χ4n) is 4.03. The molecule has 9 nitrogen and oxygen atoms in total. The van der Waals surface area contributed by atoms with Gasteiger partial charge in [0.1, 0.15) is 11.3 Å². The Kier molecular flexibility index (Phi) is 5.04. The van der Waals surface area contributed by atoms with Crippen LogP contribution in [0, 0.1) is 12.7 Å². The van der Waals surface area contributed by atoms with Crippen molar-refractivity contribution in [3.63, 3.8) is 0 Å². The van der Waals surface area contributed by atoms with Gasteiger partial charge in [0.05, 0.1) is 6.42 Å². The van der Waals surface area contributed by atoms with Crippen LogP contribution in [0.1, 0.15) is 35.8 Å². The summed E-state index contributed by atoms with van der Waals surface area (Å²) in [5, 5.41) is 8.48. The lowest BCUT2D eigenvalue weighted by atomic mass is 9.96. The number of rotatable bonds is 4. The van der Waals surface area contributed by atoms with Gasteiger partial charge in [-0.3, -0.25) is 9.59 Å². The van der Waals surface area contributed by atoms with Crippen LogP contribution in [0.2, 0.25) is 0 Å². The molecule has 1 aromatic carbocycles. The predicted octanol–water partition coefficient (Wildman–Crippen LogP) is 2.47. The average molecular weight is 436 g/mol. The average Bonchev–Trinajstić information content (AvgIpc) is 3.43. The Morgan fingerprint density at radius 1 is 1.31 bits per heavy atom. The number of nitrogens with one attached hydrogen (secondary N) is 1. The van der Waals surface area contributed by atoms with E-state index in [-0.39, 0.29) is 35.5 Å². The van der Waals surface area contributed by atoms with E-state index in [0.717, 1.165) is 18.4 Å². The van der Waals surface area contributed by atoms with Gasteiger partial charge >= 0.3 is 0 Å². The number of carbonyl (C=O) groups excluding carboxylic acids is 1. The summed E-state index contributed by atoms with van der Waals surface area (Å²) < 4.78 is 20.0. The molecule has 1 aliphatic heterocycles. The first kappa shape index (κ1) is 20.1. The van der Waals surface area contributed by atoms with E-state index in [1.807, 2.05) is 0 Å². The lowest BCUT2D eigenvalue weighted by Gasteiger charge is -2.31. The molecule has 1 saturated heterocycles. The van der Waals surface area contributed by atoms with Crippen LogP contribution in [0.25, 0.3) is 17.1 Å². The molecule has 0 spiro atoms. The number of aromatic nitrogens is 5. The topological polar surface area (TPSA) is 109 Å². The first-order valence-corrected chi connectivity index (χ1v) is 10.4. The number of carbonyl (C=O) groups is 1. The van der Waals surface area contributed by atoms with E-state index in [1.165, 1.54) is 16.6 Å². The molecule has 5 rings (SSSR count). The smallest absolute Gasteiger partial charge is 0.278 e. The maximum Gasteiger partial charge on any atom is 0.278 e. The van der Waals surface area contributed by atoms with Crippen molar-refractivity contribution in [2.45, 2.75) is 32.1 Å². The Labute approximate surface area is 181 Å². The molecule has 0 bridgehead atoms. The summed E-state index contributed by atoms with van der Waals surface area (Å²) in [6, 6.07) is 7.58. The normalized spacial score (nSPS) is 16.6. The second-order valence-electron chi connectivity index (χ2n) is 8.07. The zero-order valence-corrected chi connectivity index (χ0v) is 17.4. The quantitative estimate of drug-likeness (QED) is 0.526. The van der Waals surface area contributed by atoms with E-state index >= 15 is 0 Å². The van der Waals surface area contributed by atoms with Crippen molar-refractivity contribution < 1.29 is 13.7 Å². The number of aromatic amines is 1. The number of amides is 1. The van der Waals surface area contributed by atoms with Crippen LogP contribution in [-0.4, -0.2) is 48.6 Å². The number of piperidine rings is 1. The summed E-state index contributed by atoms with van der Waals surface area (Å²) in [7, 11) is 0. The van der Waals surface area contributed by atoms with Gasteiger partial charge < -0.3 is 14.4 Å². The number of benzene rings is 1. The lowest BCUT2D eigenvalue weighted by Crippen LogP contribution is -2.40. The molecule has 4 heterocycles. The summed E-state index contributed by atoms with van der Waals surface area (Å²) in [6.45, 7) is 2.93. The molecule has 4 aromatic rings. The summed E-state index contributed by atoms with van der Waals surface area (Å²) in [5.41, 5.74) is 2.03. The van der Waals surface area contributed by atoms with Crippen LogP contribution in [0.4, 0.5) is 4.39 Å². The van der Waals surface area contributed by atoms with Crippen LogP contribution >= 0.6 is 0 Å². The molecule has 3 aromatic heterocycles. The number of nitrogens with zero attached hydrogens (tertiary/aromatic N) is 5. The largest absolute Gasteiger partial charge is 0.342 e. The molecule has 32 heavy (non-hydrogen) atoms. The van der Waals surface area contributed by atoms with Gasteiger partial charge in [-0.1, -0.05) is 17.3 Å². The molecule has 0 saturated carbocycles. The third-order valence-electron chi connectivity index (χ3n) is 5.66. The van der Waals surface area contributed by atoms with E-state index in [2.05, 4.69) is 20.2 Å². The predicted molar refractivity (Wildman–Crippen MR) is 113 cm³/mol. The van der Waals surface area contributed by atoms with Crippen LogP contribution in [0.3, 0.4) is 0 Å². The van der Waals surface area contributed by atoms with Crippen LogP contribution < -0.4 is 5.56 Å². The number of H-pyrrole nitrogens is 1. The molecule has 10 heteroatoms. The molecular weight excluding hydrogens is 415 g/mol. The Balaban J connectivity index is 1.31. The van der Waals surface area contributed by atoms with E-state index < -0.39 is 0 Å². The molecule has 1 amide bonds. The minimum atomic E-state index is -0.322. The van der Waals surface area contributed by atoms with Gasteiger partial charge in [0.25, 0.3) is 11.4 Å². The van der Waals surface area contributed by atoms with E-state index in [9.17, 15) is 14.0 Å². The third-order valence-corrected chi connectivity index (χ3v) is 5.66. The maximum atomic E-state index is 13.1. The summed E-state index contributed by atoms with van der Waals surface area (Å²) >= 11 is 0. The number of likely N-dealkylation sites (tertiary alicyclic amines) is 1. The molecule has 1 atom stereocenters. The van der Waals surface area contributed by atoms with Crippen LogP contribution in [-0.2, 0) is 11.2 Å². The van der Waals surface area contributed by atoms with Crippen molar-refractivity contribution in [2.24, 2.45) is 0 Å². The van der Waals surface area contributed by atoms with E-state index in [4.69, 9.17) is 4.52 Å². The summed E-state index contributed by atoms with van der Waals surface area (Å²) in [6.07, 6.45) is 3.60. The van der Waals surface area contributed by atoms with Crippen molar-refractivity contribution >= 4 is 11.4 Å². The van der Waals surface area contributed by atoms with Crippen LogP contribution in [0.5, 0.6) is 0 Å². The first-order valence-electron chi connectivity index (χ1n) is 10.4. The van der Waals surface area contributed by atoms with Crippen molar-refractivity contribution in [3.05, 3.63) is 69.8 Å². The zero-order valence-electron chi connectivity index (χ0n) is 17.4. The minimum Gasteiger partial charge on any atom is -0.342 e. The standard InChI is InChI=1S/C22H21FN6O3/c1-13-11-29-18(21(31)24-13)10-17(26-29)22-25-20(27-32-22)15-3-2-8-28(12-15)19(30)9-14-4-6-16(23)7-5-14/h4-7,10-11,15H,2-3,8-9,12H2,1H3,(H,24,31)/t15-/m1/s1. The van der Waals surface area contributed by atoms with Crippen molar-refractivity contribution in [1.29, 1.82) is 0 Å². The third kappa shape index (κ3) is 3.91.